The zero-order valence-electron chi connectivity index (χ0n) is 18.8. The number of nitrogens with zero attached hydrogens (tertiary/aromatic N) is 2. The maximum Gasteiger partial charge on any atom is 0.256 e. The quantitative estimate of drug-likeness (QED) is 0.276. The van der Waals surface area contributed by atoms with Crippen LogP contribution in [0.3, 0.4) is 0 Å². The minimum Gasteiger partial charge on any atom is -0.347 e. The maximum absolute atomic E-state index is 12.9. The van der Waals surface area contributed by atoms with Crippen molar-refractivity contribution in [3.8, 4) is 21.8 Å². The number of carbonyl (C=O) groups is 2. The summed E-state index contributed by atoms with van der Waals surface area (Å²) in [5, 5.41) is 13.8. The maximum atomic E-state index is 12.9. The van der Waals surface area contributed by atoms with E-state index in [-0.39, 0.29) is 11.8 Å². The van der Waals surface area contributed by atoms with Gasteiger partial charge in [0.15, 0.2) is 0 Å². The van der Waals surface area contributed by atoms with E-state index in [2.05, 4.69) is 25.8 Å². The van der Waals surface area contributed by atoms with E-state index in [0.29, 0.717) is 23.4 Å². The van der Waals surface area contributed by atoms with Crippen LogP contribution in [0, 0.1) is 0 Å². The van der Waals surface area contributed by atoms with Crippen LogP contribution in [0.2, 0.25) is 0 Å². The van der Waals surface area contributed by atoms with Crippen LogP contribution in [-0.2, 0) is 6.54 Å². The summed E-state index contributed by atoms with van der Waals surface area (Å²) in [5.41, 5.74) is 4.68. The smallest absolute Gasteiger partial charge is 0.256 e. The summed E-state index contributed by atoms with van der Waals surface area (Å²) in [5.74, 6) is -0.388. The molecule has 3 aromatic carbocycles. The third kappa shape index (κ3) is 4.41. The van der Waals surface area contributed by atoms with E-state index in [1.165, 1.54) is 23.1 Å². The highest BCUT2D eigenvalue weighted by atomic mass is 32.2. The van der Waals surface area contributed by atoms with Crippen molar-refractivity contribution in [2.24, 2.45) is 0 Å². The summed E-state index contributed by atoms with van der Waals surface area (Å²) < 4.78 is 0. The van der Waals surface area contributed by atoms with Gasteiger partial charge in [0.05, 0.1) is 23.5 Å². The number of H-pyrrole nitrogens is 1. The Morgan fingerprint density at radius 2 is 1.78 bits per heavy atom. The van der Waals surface area contributed by atoms with Crippen LogP contribution >= 0.6 is 23.1 Å². The fraction of sp³-hybridized carbons (Fsp3) is 0.0370. The molecule has 6 rings (SSSR count). The number of hydrogen-bond donors (Lipinski definition) is 3. The van der Waals surface area contributed by atoms with Gasteiger partial charge in [-0.25, -0.2) is 4.98 Å². The average molecular weight is 510 g/mol. The molecule has 0 saturated heterocycles. The van der Waals surface area contributed by atoms with Crippen molar-refractivity contribution in [1.29, 1.82) is 0 Å². The highest BCUT2D eigenvalue weighted by molar-refractivity contribution is 7.99. The van der Waals surface area contributed by atoms with Gasteiger partial charge in [-0.05, 0) is 36.4 Å². The van der Waals surface area contributed by atoms with Crippen molar-refractivity contribution in [2.45, 2.75) is 16.3 Å². The molecule has 0 bridgehead atoms. The lowest BCUT2D eigenvalue weighted by Crippen LogP contribution is -2.22. The molecule has 7 nitrogen and oxygen atoms in total. The summed E-state index contributed by atoms with van der Waals surface area (Å²) in [6, 6.07) is 22.8. The molecule has 0 atom stereocenters. The minimum atomic E-state index is -0.211. The molecule has 3 N–H and O–H groups in total. The molecular formula is C27H19N5O2S2. The highest BCUT2D eigenvalue weighted by Crippen LogP contribution is 2.39. The number of carbonyl (C=O) groups excluding carboxylic acids is 2. The van der Waals surface area contributed by atoms with Crippen molar-refractivity contribution in [3.63, 3.8) is 0 Å². The SMILES string of the molecule is O=C(NCc1cnc(-c2ccc(-c3cc[nH]n3)cc2)s1)c1ccc2c(c1)NC(=O)c1ccccc1S2. The Morgan fingerprint density at radius 3 is 2.61 bits per heavy atom. The second-order valence-corrected chi connectivity index (χ2v) is 10.3. The minimum absolute atomic E-state index is 0.177. The van der Waals surface area contributed by atoms with Crippen LogP contribution in [0.25, 0.3) is 21.8 Å². The van der Waals surface area contributed by atoms with E-state index in [9.17, 15) is 9.59 Å². The first-order valence-electron chi connectivity index (χ1n) is 11.2. The number of hydrogen-bond acceptors (Lipinski definition) is 6. The number of anilines is 1. The second kappa shape index (κ2) is 9.44. The Hall–Kier alpha value is -4.21. The molecule has 36 heavy (non-hydrogen) atoms. The van der Waals surface area contributed by atoms with Crippen molar-refractivity contribution >= 4 is 40.6 Å². The number of amides is 2. The molecular weight excluding hydrogens is 490 g/mol. The van der Waals surface area contributed by atoms with Gasteiger partial charge in [0, 0.05) is 43.8 Å². The molecule has 176 valence electrons. The third-order valence-electron chi connectivity index (χ3n) is 5.75. The van der Waals surface area contributed by atoms with Crippen LogP contribution in [0.15, 0.2) is 95.0 Å². The Labute approximate surface area is 215 Å². The normalized spacial score (nSPS) is 12.3. The first-order valence-corrected chi connectivity index (χ1v) is 12.8. The summed E-state index contributed by atoms with van der Waals surface area (Å²) in [6.45, 7) is 0.367. The van der Waals surface area contributed by atoms with Gasteiger partial charge >= 0.3 is 0 Å². The topological polar surface area (TPSA) is 99.8 Å². The lowest BCUT2D eigenvalue weighted by Gasteiger charge is -2.09. The zero-order chi connectivity index (χ0) is 24.5. The highest BCUT2D eigenvalue weighted by Gasteiger charge is 2.20. The third-order valence-corrected chi connectivity index (χ3v) is 7.94. The zero-order valence-corrected chi connectivity index (χ0v) is 20.5. The molecule has 0 unspecified atom stereocenters. The molecule has 0 fully saturated rings. The molecule has 0 aliphatic carbocycles. The number of nitrogens with one attached hydrogen (secondary N) is 3. The first-order chi connectivity index (χ1) is 17.6. The number of aromatic amines is 1. The van der Waals surface area contributed by atoms with Crippen LogP contribution in [0.5, 0.6) is 0 Å². The lowest BCUT2D eigenvalue weighted by molar-refractivity contribution is 0.0949. The second-order valence-electron chi connectivity index (χ2n) is 8.11. The Bertz CT molecular complexity index is 1580. The van der Waals surface area contributed by atoms with Gasteiger partial charge < -0.3 is 10.6 Å². The van der Waals surface area contributed by atoms with E-state index >= 15 is 0 Å². The molecule has 1 aliphatic rings. The first kappa shape index (κ1) is 22.3. The molecule has 0 saturated carbocycles. The Kier molecular flexibility index (Phi) is 5.84. The van der Waals surface area contributed by atoms with Gasteiger partial charge in [-0.15, -0.1) is 11.3 Å². The van der Waals surface area contributed by atoms with E-state index < -0.39 is 0 Å². The van der Waals surface area contributed by atoms with Crippen molar-refractivity contribution in [2.75, 3.05) is 5.32 Å². The van der Waals surface area contributed by atoms with Crippen molar-refractivity contribution in [3.05, 3.63) is 101 Å². The van der Waals surface area contributed by atoms with Crippen LogP contribution in [0.4, 0.5) is 5.69 Å². The van der Waals surface area contributed by atoms with Crippen LogP contribution < -0.4 is 10.6 Å². The fourth-order valence-corrected chi connectivity index (χ4v) is 5.77. The number of aromatic nitrogens is 3. The van der Waals surface area contributed by atoms with E-state index in [0.717, 1.165) is 36.5 Å². The fourth-order valence-electron chi connectivity index (χ4n) is 3.91. The van der Waals surface area contributed by atoms with Gasteiger partial charge in [0.25, 0.3) is 11.8 Å². The number of fused-ring (bicyclic) bond motifs is 2. The van der Waals surface area contributed by atoms with Gasteiger partial charge in [0.1, 0.15) is 5.01 Å². The molecule has 9 heteroatoms. The van der Waals surface area contributed by atoms with Crippen LogP contribution in [-0.4, -0.2) is 27.0 Å². The predicted molar refractivity (Wildman–Crippen MR) is 141 cm³/mol. The molecule has 1 aliphatic heterocycles. The summed E-state index contributed by atoms with van der Waals surface area (Å²) in [4.78, 5) is 32.7. The molecule has 0 radical (unpaired) electrons. The lowest BCUT2D eigenvalue weighted by atomic mass is 10.1. The standard InChI is InChI=1S/C27H19N5O2S2/c33-25(18-9-10-24-22(13-18)31-26(34)20-3-1-2-4-23(20)36-24)28-14-19-15-29-27(35-19)17-7-5-16(6-8-17)21-11-12-30-32-21/h1-13,15H,14H2,(H,28,33)(H,30,32)(H,31,34). The number of benzene rings is 3. The molecule has 5 aromatic rings. The van der Waals surface area contributed by atoms with E-state index in [1.807, 2.05) is 54.6 Å². The van der Waals surface area contributed by atoms with Gasteiger partial charge in [-0.2, -0.15) is 5.10 Å². The number of rotatable bonds is 5. The molecule has 0 spiro atoms. The summed E-state index contributed by atoms with van der Waals surface area (Å²) in [7, 11) is 0. The predicted octanol–water partition coefficient (Wildman–Crippen LogP) is 5.85. The summed E-state index contributed by atoms with van der Waals surface area (Å²) >= 11 is 3.05. The van der Waals surface area contributed by atoms with E-state index in [1.54, 1.807) is 30.6 Å². The average Bonchev–Trinajstić information content (AvgIpc) is 3.59. The van der Waals surface area contributed by atoms with Crippen LogP contribution in [0.1, 0.15) is 25.6 Å². The van der Waals surface area contributed by atoms with Crippen molar-refractivity contribution < 1.29 is 9.59 Å². The molecule has 2 aromatic heterocycles. The summed E-state index contributed by atoms with van der Waals surface area (Å²) in [6.07, 6.45) is 3.58. The Balaban J connectivity index is 1.12. The molecule has 2 amide bonds. The monoisotopic (exact) mass is 509 g/mol. The van der Waals surface area contributed by atoms with Crippen molar-refractivity contribution in [1.82, 2.24) is 20.5 Å². The van der Waals surface area contributed by atoms with Gasteiger partial charge in [-0.3, -0.25) is 14.7 Å². The molecule has 3 heterocycles. The van der Waals surface area contributed by atoms with Gasteiger partial charge in [-0.1, -0.05) is 48.2 Å². The largest absolute Gasteiger partial charge is 0.347 e. The number of thiazole rings is 1. The Morgan fingerprint density at radius 1 is 0.944 bits per heavy atom. The van der Waals surface area contributed by atoms with Gasteiger partial charge in [0.2, 0.25) is 0 Å². The van der Waals surface area contributed by atoms with E-state index in [4.69, 9.17) is 0 Å².